The van der Waals surface area contributed by atoms with Gasteiger partial charge in [0.05, 0.1) is 31.6 Å². The number of hydrogen-bond donors (Lipinski definition) is 2. The topological polar surface area (TPSA) is 137 Å². The molecule has 1 saturated heterocycles. The fourth-order valence-electron chi connectivity index (χ4n) is 4.93. The van der Waals surface area contributed by atoms with Crippen LogP contribution in [0.25, 0.3) is 0 Å². The molecule has 0 aromatic heterocycles. The second kappa shape index (κ2) is 13.2. The molecule has 41 heavy (non-hydrogen) atoms. The summed E-state index contributed by atoms with van der Waals surface area (Å²) in [5.74, 6) is 0.163. The van der Waals surface area contributed by atoms with Crippen molar-refractivity contribution in [1.29, 1.82) is 0 Å². The maximum absolute atomic E-state index is 13.4. The Morgan fingerprint density at radius 3 is 1.80 bits per heavy atom. The van der Waals surface area contributed by atoms with Crippen molar-refractivity contribution >= 4 is 21.5 Å². The number of ketones is 1. The van der Waals surface area contributed by atoms with Gasteiger partial charge in [0.1, 0.15) is 23.0 Å². The van der Waals surface area contributed by atoms with Crippen molar-refractivity contribution in [3.05, 3.63) is 83.9 Å². The fraction of sp³-hybridized carbons (Fsp3) is 0.333. The zero-order valence-electron chi connectivity index (χ0n) is 22.9. The van der Waals surface area contributed by atoms with E-state index < -0.39 is 26.4 Å². The highest BCUT2D eigenvalue weighted by Gasteiger charge is 2.52. The summed E-state index contributed by atoms with van der Waals surface area (Å²) in [6.07, 6.45) is -0.0557. The van der Waals surface area contributed by atoms with E-state index in [1.807, 2.05) is 24.3 Å². The van der Waals surface area contributed by atoms with Crippen LogP contribution in [-0.4, -0.2) is 64.1 Å². The minimum Gasteiger partial charge on any atom is -0.497 e. The molecule has 0 saturated carbocycles. The largest absolute Gasteiger partial charge is 0.497 e. The molecule has 0 spiro atoms. The third kappa shape index (κ3) is 6.37. The van der Waals surface area contributed by atoms with Crippen LogP contribution >= 0.6 is 0 Å². The van der Waals surface area contributed by atoms with Crippen LogP contribution in [0.15, 0.2) is 77.7 Å². The number of Topliss-reactive ketones (excluding diaryl/α,β-unsaturated/α-hetero) is 1. The molecule has 3 aromatic carbocycles. The molecule has 218 valence electrons. The van der Waals surface area contributed by atoms with Gasteiger partial charge >= 0.3 is 0 Å². The molecule has 1 amide bonds. The SMILES string of the molecule is COc1ccc(C(C(=O)CCOc2ccc(S(=O)(=O)C3(C(=O)NO)CCOCC3)cc2)c2ccc(OC)cc2)cc1. The van der Waals surface area contributed by atoms with Crippen molar-refractivity contribution in [3.63, 3.8) is 0 Å². The Labute approximate surface area is 239 Å². The predicted molar refractivity (Wildman–Crippen MR) is 149 cm³/mol. The first-order valence-electron chi connectivity index (χ1n) is 13.1. The van der Waals surface area contributed by atoms with E-state index in [4.69, 9.17) is 18.9 Å². The molecule has 3 aromatic rings. The van der Waals surface area contributed by atoms with Gasteiger partial charge in [-0.15, -0.1) is 0 Å². The maximum Gasteiger partial charge on any atom is 0.265 e. The molecule has 1 fully saturated rings. The average molecular weight is 584 g/mol. The van der Waals surface area contributed by atoms with E-state index in [1.54, 1.807) is 38.5 Å². The second-order valence-electron chi connectivity index (χ2n) is 9.57. The highest BCUT2D eigenvalue weighted by molar-refractivity contribution is 7.93. The first-order chi connectivity index (χ1) is 19.8. The van der Waals surface area contributed by atoms with Crippen LogP contribution < -0.4 is 19.7 Å². The van der Waals surface area contributed by atoms with Gasteiger partial charge in [0.15, 0.2) is 14.6 Å². The molecule has 1 aliphatic heterocycles. The van der Waals surface area contributed by atoms with Gasteiger partial charge in [0, 0.05) is 19.6 Å². The van der Waals surface area contributed by atoms with Crippen LogP contribution in [-0.2, 0) is 24.2 Å². The summed E-state index contributed by atoms with van der Waals surface area (Å²) in [7, 11) is -0.991. The lowest BCUT2D eigenvalue weighted by Crippen LogP contribution is -2.54. The van der Waals surface area contributed by atoms with Crippen LogP contribution in [0.4, 0.5) is 0 Å². The average Bonchev–Trinajstić information content (AvgIpc) is 3.02. The van der Waals surface area contributed by atoms with Crippen LogP contribution in [0.3, 0.4) is 0 Å². The first-order valence-corrected chi connectivity index (χ1v) is 14.5. The van der Waals surface area contributed by atoms with Crippen molar-refractivity contribution in [2.45, 2.75) is 34.8 Å². The molecule has 1 heterocycles. The number of methoxy groups -OCH3 is 2. The number of ether oxygens (including phenoxy) is 4. The molecular weight excluding hydrogens is 550 g/mol. The van der Waals surface area contributed by atoms with Gasteiger partial charge in [0.2, 0.25) is 0 Å². The summed E-state index contributed by atoms with van der Waals surface area (Å²) in [6.45, 7) is 0.230. The molecule has 1 aliphatic rings. The Bertz CT molecular complexity index is 1380. The predicted octanol–water partition coefficient (Wildman–Crippen LogP) is 3.70. The third-order valence-corrected chi connectivity index (χ3v) is 9.82. The molecule has 11 heteroatoms. The molecule has 0 aliphatic carbocycles. The lowest BCUT2D eigenvalue weighted by molar-refractivity contribution is -0.134. The van der Waals surface area contributed by atoms with E-state index in [1.165, 1.54) is 29.7 Å². The van der Waals surface area contributed by atoms with E-state index in [2.05, 4.69) is 0 Å². The van der Waals surface area contributed by atoms with Crippen LogP contribution in [0.2, 0.25) is 0 Å². The number of hydrogen-bond acceptors (Lipinski definition) is 9. The van der Waals surface area contributed by atoms with Crippen molar-refractivity contribution < 1.29 is 42.2 Å². The molecule has 2 N–H and O–H groups in total. The van der Waals surface area contributed by atoms with Crippen molar-refractivity contribution in [2.75, 3.05) is 34.0 Å². The Morgan fingerprint density at radius 1 is 0.854 bits per heavy atom. The van der Waals surface area contributed by atoms with Gasteiger partial charge in [-0.25, -0.2) is 13.9 Å². The number of carbonyl (C=O) groups excluding carboxylic acids is 2. The number of carbonyl (C=O) groups is 2. The quantitative estimate of drug-likeness (QED) is 0.241. The van der Waals surface area contributed by atoms with E-state index >= 15 is 0 Å². The first kappa shape index (κ1) is 30.0. The highest BCUT2D eigenvalue weighted by atomic mass is 32.2. The third-order valence-electron chi connectivity index (χ3n) is 7.30. The summed E-state index contributed by atoms with van der Waals surface area (Å²) >= 11 is 0. The van der Waals surface area contributed by atoms with Crippen molar-refractivity contribution in [2.24, 2.45) is 0 Å². The lowest BCUT2D eigenvalue weighted by atomic mass is 9.86. The molecule has 0 unspecified atom stereocenters. The summed E-state index contributed by atoms with van der Waals surface area (Å²) in [4.78, 5) is 25.8. The van der Waals surface area contributed by atoms with E-state index in [0.717, 1.165) is 11.1 Å². The Hall–Kier alpha value is -3.93. The standard InChI is InChI=1S/C30H33NO9S/c1-37-23-7-3-21(4-8-23)28(22-5-9-24(38-2)10-6-22)27(32)15-18-40-25-11-13-26(14-12-25)41(35,36)30(29(33)31-34)16-19-39-20-17-30/h3-14,28,34H,15-20H2,1-2H3,(H,31,33). The molecule has 0 bridgehead atoms. The number of hydroxylamine groups is 1. The van der Waals surface area contributed by atoms with Crippen LogP contribution in [0, 0.1) is 0 Å². The minimum absolute atomic E-state index is 0.0593. The summed E-state index contributed by atoms with van der Waals surface area (Å²) in [5, 5.41) is 9.22. The fourth-order valence-corrected chi connectivity index (χ4v) is 6.87. The van der Waals surface area contributed by atoms with Gasteiger partial charge < -0.3 is 18.9 Å². The zero-order chi connectivity index (χ0) is 29.5. The molecule has 10 nitrogen and oxygen atoms in total. The number of benzene rings is 3. The highest BCUT2D eigenvalue weighted by Crippen LogP contribution is 2.36. The number of amides is 1. The van der Waals surface area contributed by atoms with Gasteiger partial charge in [0.25, 0.3) is 5.91 Å². The van der Waals surface area contributed by atoms with Crippen LogP contribution in [0.5, 0.6) is 17.2 Å². The normalized spacial score (nSPS) is 14.7. The Balaban J connectivity index is 1.46. The Kier molecular flexibility index (Phi) is 9.64. The minimum atomic E-state index is -4.15. The molecule has 4 rings (SSSR count). The van der Waals surface area contributed by atoms with Gasteiger partial charge in [-0.1, -0.05) is 24.3 Å². The van der Waals surface area contributed by atoms with Gasteiger partial charge in [-0.3, -0.25) is 14.8 Å². The second-order valence-corrected chi connectivity index (χ2v) is 11.8. The number of rotatable bonds is 12. The van der Waals surface area contributed by atoms with Crippen molar-refractivity contribution in [1.82, 2.24) is 5.48 Å². The molecule has 0 radical (unpaired) electrons. The smallest absolute Gasteiger partial charge is 0.265 e. The summed E-state index contributed by atoms with van der Waals surface area (Å²) in [6, 6.07) is 20.3. The zero-order valence-corrected chi connectivity index (χ0v) is 23.7. The lowest BCUT2D eigenvalue weighted by Gasteiger charge is -2.34. The summed E-state index contributed by atoms with van der Waals surface area (Å²) in [5.41, 5.74) is 3.12. The van der Waals surface area contributed by atoms with Gasteiger partial charge in [-0.05, 0) is 72.5 Å². The monoisotopic (exact) mass is 583 g/mol. The Morgan fingerprint density at radius 2 is 1.34 bits per heavy atom. The molecule has 0 atom stereocenters. The molecular formula is C30H33NO9S. The van der Waals surface area contributed by atoms with E-state index in [-0.39, 0.29) is 49.8 Å². The van der Waals surface area contributed by atoms with Crippen LogP contribution in [0.1, 0.15) is 36.3 Å². The van der Waals surface area contributed by atoms with E-state index in [0.29, 0.717) is 17.2 Å². The van der Waals surface area contributed by atoms with E-state index in [9.17, 15) is 23.2 Å². The van der Waals surface area contributed by atoms with Crippen molar-refractivity contribution in [3.8, 4) is 17.2 Å². The number of sulfone groups is 1. The van der Waals surface area contributed by atoms with Gasteiger partial charge in [-0.2, -0.15) is 0 Å². The number of nitrogens with one attached hydrogen (secondary N) is 1. The maximum atomic E-state index is 13.4. The summed E-state index contributed by atoms with van der Waals surface area (Å²) < 4.78 is 46.5.